The van der Waals surface area contributed by atoms with Gasteiger partial charge in [0.1, 0.15) is 40.1 Å². The van der Waals surface area contributed by atoms with Crippen molar-refractivity contribution in [2.45, 2.75) is 62.8 Å². The van der Waals surface area contributed by atoms with Crippen LogP contribution in [0.25, 0.3) is 32.9 Å². The summed E-state index contributed by atoms with van der Waals surface area (Å²) in [5.41, 5.74) is -0.987. The zero-order valence-corrected chi connectivity index (χ0v) is 25.8. The Labute approximate surface area is 253 Å². The highest BCUT2D eigenvalue weighted by Gasteiger charge is 2.35. The van der Waals surface area contributed by atoms with Gasteiger partial charge in [0.25, 0.3) is 0 Å². The minimum atomic E-state index is -3.99. The average molecular weight is 629 g/mol. The van der Waals surface area contributed by atoms with Crippen LogP contribution in [0.5, 0.6) is 11.6 Å². The first-order valence-corrected chi connectivity index (χ1v) is 16.4. The van der Waals surface area contributed by atoms with Gasteiger partial charge in [0, 0.05) is 32.0 Å². The lowest BCUT2D eigenvalue weighted by Crippen LogP contribution is -2.46. The van der Waals surface area contributed by atoms with Crippen molar-refractivity contribution >= 4 is 37.3 Å². The van der Waals surface area contributed by atoms with E-state index in [1.807, 2.05) is 0 Å². The zero-order chi connectivity index (χ0) is 31.4. The molecule has 6 rings (SSSR count). The number of sulfone groups is 1. The first-order chi connectivity index (χ1) is 20.9. The lowest BCUT2D eigenvalue weighted by Gasteiger charge is -2.38. The summed E-state index contributed by atoms with van der Waals surface area (Å²) in [6.07, 6.45) is 3.76. The number of benzene rings is 2. The van der Waals surface area contributed by atoms with Gasteiger partial charge in [-0.25, -0.2) is 32.2 Å². The van der Waals surface area contributed by atoms with Gasteiger partial charge < -0.3 is 24.2 Å². The summed E-state index contributed by atoms with van der Waals surface area (Å²) < 4.78 is 74.7. The summed E-state index contributed by atoms with van der Waals surface area (Å²) >= 11 is 0. The van der Waals surface area contributed by atoms with E-state index in [0.29, 0.717) is 47.9 Å². The van der Waals surface area contributed by atoms with Crippen LogP contribution >= 0.6 is 0 Å². The highest BCUT2D eigenvalue weighted by atomic mass is 32.2. The average Bonchev–Trinajstić information content (AvgIpc) is 3.80. The number of pyridine rings is 1. The van der Waals surface area contributed by atoms with Crippen molar-refractivity contribution in [3.05, 3.63) is 41.5 Å². The van der Waals surface area contributed by atoms with E-state index in [-0.39, 0.29) is 53.3 Å². The molecule has 3 heterocycles. The van der Waals surface area contributed by atoms with Crippen molar-refractivity contribution in [1.29, 1.82) is 0 Å². The second kappa shape index (κ2) is 11.4. The molecule has 10 nitrogen and oxygen atoms in total. The summed E-state index contributed by atoms with van der Waals surface area (Å²) in [7, 11) is -2.52. The quantitative estimate of drug-likeness (QED) is 0.201. The third-order valence-electron chi connectivity index (χ3n) is 7.91. The van der Waals surface area contributed by atoms with Gasteiger partial charge in [-0.3, -0.25) is 0 Å². The number of methoxy groups -OCH3 is 1. The Morgan fingerprint density at radius 3 is 2.57 bits per heavy atom. The number of hydrogen-bond donors (Lipinski definition) is 1. The smallest absolute Gasteiger partial charge is 0.249 e. The van der Waals surface area contributed by atoms with E-state index in [4.69, 9.17) is 14.2 Å². The molecule has 0 unspecified atom stereocenters. The van der Waals surface area contributed by atoms with Crippen molar-refractivity contribution < 1.29 is 36.5 Å². The van der Waals surface area contributed by atoms with Crippen LogP contribution in [0.1, 0.15) is 45.1 Å². The fourth-order valence-electron chi connectivity index (χ4n) is 5.74. The SMILES string of the molecule is CCc1c(F)ccc2cc(OCOC)cc(-c3nc(OC4CC4)c4c(N5CCC[C@@](C)(O)C5)nc(S(C)(=O)=O)nc4c3F)c12. The second-order valence-corrected chi connectivity index (χ2v) is 13.7. The van der Waals surface area contributed by atoms with E-state index in [0.717, 1.165) is 19.1 Å². The number of fused-ring (bicyclic) bond motifs is 2. The van der Waals surface area contributed by atoms with E-state index in [1.165, 1.54) is 13.2 Å². The first kappa shape index (κ1) is 30.4. The molecule has 1 N–H and O–H groups in total. The second-order valence-electron chi connectivity index (χ2n) is 11.7. The summed E-state index contributed by atoms with van der Waals surface area (Å²) in [5.74, 6) is -0.887. The minimum absolute atomic E-state index is 0.0324. The predicted molar refractivity (Wildman–Crippen MR) is 161 cm³/mol. The van der Waals surface area contributed by atoms with Crippen LogP contribution in [-0.2, 0) is 21.0 Å². The molecule has 234 valence electrons. The molecule has 2 aliphatic rings. The summed E-state index contributed by atoms with van der Waals surface area (Å²) in [4.78, 5) is 15.0. The third-order valence-corrected chi connectivity index (χ3v) is 8.76. The van der Waals surface area contributed by atoms with Gasteiger partial charge in [-0.05, 0) is 73.6 Å². The number of hydrogen-bond acceptors (Lipinski definition) is 10. The molecule has 1 aliphatic heterocycles. The molecule has 1 aliphatic carbocycles. The van der Waals surface area contributed by atoms with Crippen molar-refractivity contribution in [1.82, 2.24) is 15.0 Å². The van der Waals surface area contributed by atoms with Crippen LogP contribution in [0.4, 0.5) is 14.6 Å². The number of nitrogens with zero attached hydrogens (tertiary/aromatic N) is 4. The van der Waals surface area contributed by atoms with Crippen LogP contribution in [-0.4, -0.2) is 73.4 Å². The molecular formula is C31H34F2N4O6S. The molecule has 0 spiro atoms. The van der Waals surface area contributed by atoms with Crippen LogP contribution in [0.15, 0.2) is 29.4 Å². The van der Waals surface area contributed by atoms with Crippen LogP contribution in [0, 0.1) is 11.6 Å². The van der Waals surface area contributed by atoms with Crippen LogP contribution in [0.2, 0.25) is 0 Å². The number of anilines is 1. The predicted octanol–water partition coefficient (Wildman–Crippen LogP) is 4.96. The molecule has 2 aromatic carbocycles. The normalized spacial score (nSPS) is 19.1. The number of aryl methyl sites for hydroxylation is 1. The van der Waals surface area contributed by atoms with Crippen LogP contribution < -0.4 is 14.4 Å². The monoisotopic (exact) mass is 628 g/mol. The van der Waals surface area contributed by atoms with Crippen molar-refractivity contribution in [2.75, 3.05) is 38.1 Å². The van der Waals surface area contributed by atoms with Gasteiger partial charge in [0.15, 0.2) is 12.6 Å². The molecule has 4 aromatic rings. The maximum atomic E-state index is 17.0. The van der Waals surface area contributed by atoms with Gasteiger partial charge in [-0.1, -0.05) is 13.0 Å². The zero-order valence-electron chi connectivity index (χ0n) is 25.0. The third kappa shape index (κ3) is 5.75. The van der Waals surface area contributed by atoms with Crippen molar-refractivity contribution in [3.63, 3.8) is 0 Å². The van der Waals surface area contributed by atoms with Gasteiger partial charge in [0.2, 0.25) is 20.9 Å². The fourth-order valence-corrected chi connectivity index (χ4v) is 6.25. The van der Waals surface area contributed by atoms with E-state index in [1.54, 1.807) is 36.9 Å². The largest absolute Gasteiger partial charge is 0.474 e. The van der Waals surface area contributed by atoms with Gasteiger partial charge in [-0.2, -0.15) is 0 Å². The van der Waals surface area contributed by atoms with E-state index < -0.39 is 32.2 Å². The number of β-amino-alcohol motifs (C(OH)–C–C–N with tert-alkyl or cyclic N) is 1. The Morgan fingerprint density at radius 2 is 1.91 bits per heavy atom. The first-order valence-electron chi connectivity index (χ1n) is 14.5. The number of aromatic nitrogens is 3. The highest BCUT2D eigenvalue weighted by Crippen LogP contribution is 2.44. The molecule has 13 heteroatoms. The molecule has 0 bridgehead atoms. The summed E-state index contributed by atoms with van der Waals surface area (Å²) in [6, 6.07) is 6.20. The number of ether oxygens (including phenoxy) is 3. The Bertz CT molecular complexity index is 1880. The number of rotatable bonds is 9. The minimum Gasteiger partial charge on any atom is -0.474 e. The highest BCUT2D eigenvalue weighted by molar-refractivity contribution is 7.90. The molecule has 1 saturated heterocycles. The van der Waals surface area contributed by atoms with Gasteiger partial charge in [0.05, 0.1) is 5.60 Å². The summed E-state index contributed by atoms with van der Waals surface area (Å²) in [5, 5.41) is 11.4. The topological polar surface area (TPSA) is 124 Å². The molecule has 2 fully saturated rings. The number of piperidine rings is 1. The van der Waals surface area contributed by atoms with E-state index in [9.17, 15) is 13.5 Å². The molecule has 2 aromatic heterocycles. The lowest BCUT2D eigenvalue weighted by atomic mass is 9.94. The van der Waals surface area contributed by atoms with Crippen LogP contribution in [0.3, 0.4) is 0 Å². The molecular weight excluding hydrogens is 594 g/mol. The van der Waals surface area contributed by atoms with E-state index >= 15 is 8.78 Å². The summed E-state index contributed by atoms with van der Waals surface area (Å²) in [6.45, 7) is 3.99. The maximum absolute atomic E-state index is 17.0. The van der Waals surface area contributed by atoms with E-state index in [2.05, 4.69) is 15.0 Å². The lowest BCUT2D eigenvalue weighted by molar-refractivity contribution is 0.0447. The van der Waals surface area contributed by atoms with Gasteiger partial charge in [-0.15, -0.1) is 0 Å². The Morgan fingerprint density at radius 1 is 1.14 bits per heavy atom. The Hall–Kier alpha value is -3.68. The fraction of sp³-hybridized carbons (Fsp3) is 0.452. The van der Waals surface area contributed by atoms with Crippen molar-refractivity contribution in [3.8, 4) is 22.9 Å². The number of halogens is 2. The molecule has 1 atom stereocenters. The standard InChI is InChI=1S/C31H34F2N4O6S/c1-5-20-22(32)10-7-17-13-19(42-16-41-3)14-21(23(17)20)26-25(33)27-24(29(34-26)43-18-8-9-18)28(36-30(35-27)44(4,39)40)37-12-6-11-31(2,38)15-37/h7,10,13-14,18,38H,5-6,8-9,11-12,15-16H2,1-4H3/t31-/m1/s1. The molecule has 44 heavy (non-hydrogen) atoms. The molecule has 1 saturated carbocycles. The van der Waals surface area contributed by atoms with Gasteiger partial charge >= 0.3 is 0 Å². The van der Waals surface area contributed by atoms with Crippen molar-refractivity contribution in [2.24, 2.45) is 0 Å². The molecule has 0 amide bonds. The molecule has 0 radical (unpaired) electrons. The number of aliphatic hydroxyl groups is 1. The Kier molecular flexibility index (Phi) is 7.83. The Balaban J connectivity index is 1.70. The maximum Gasteiger partial charge on any atom is 0.249 e.